The van der Waals surface area contributed by atoms with Gasteiger partial charge in [-0.25, -0.2) is 0 Å². The highest BCUT2D eigenvalue weighted by molar-refractivity contribution is 5.37. The molecular formula is C15H23NO. The summed E-state index contributed by atoms with van der Waals surface area (Å²) < 4.78 is 0. The van der Waals surface area contributed by atoms with Crippen molar-refractivity contribution in [2.75, 3.05) is 6.54 Å². The summed E-state index contributed by atoms with van der Waals surface area (Å²) in [6.07, 6.45) is 5.49. The molecule has 1 fully saturated rings. The van der Waals surface area contributed by atoms with Gasteiger partial charge in [-0.15, -0.1) is 0 Å². The molecule has 0 aromatic heterocycles. The van der Waals surface area contributed by atoms with Crippen molar-refractivity contribution >= 4 is 0 Å². The van der Waals surface area contributed by atoms with Gasteiger partial charge in [-0.1, -0.05) is 30.5 Å². The van der Waals surface area contributed by atoms with Crippen molar-refractivity contribution in [3.05, 3.63) is 29.3 Å². The first kappa shape index (κ1) is 12.4. The highest BCUT2D eigenvalue weighted by Gasteiger charge is 2.20. The van der Waals surface area contributed by atoms with E-state index in [2.05, 4.69) is 25.2 Å². The maximum Gasteiger partial charge on any atom is 0.120 e. The molecule has 17 heavy (non-hydrogen) atoms. The van der Waals surface area contributed by atoms with Crippen molar-refractivity contribution in [1.29, 1.82) is 0 Å². The monoisotopic (exact) mass is 233 g/mol. The Morgan fingerprint density at radius 3 is 2.88 bits per heavy atom. The third-order valence-corrected chi connectivity index (χ3v) is 3.59. The smallest absolute Gasteiger partial charge is 0.120 e. The predicted octanol–water partition coefficient (Wildman–Crippen LogP) is 3.54. The lowest BCUT2D eigenvalue weighted by atomic mass is 10.0. The topological polar surface area (TPSA) is 32.3 Å². The van der Waals surface area contributed by atoms with Gasteiger partial charge in [0.1, 0.15) is 5.75 Å². The fourth-order valence-electron chi connectivity index (χ4n) is 2.25. The van der Waals surface area contributed by atoms with Crippen LogP contribution in [0.15, 0.2) is 18.2 Å². The fourth-order valence-corrected chi connectivity index (χ4v) is 2.25. The summed E-state index contributed by atoms with van der Waals surface area (Å²) in [7, 11) is 0. The Labute approximate surface area is 104 Å². The molecule has 1 aromatic rings. The minimum atomic E-state index is 0.231. The van der Waals surface area contributed by atoms with Crippen LogP contribution in [0.3, 0.4) is 0 Å². The van der Waals surface area contributed by atoms with Gasteiger partial charge in [0.15, 0.2) is 0 Å². The molecule has 2 nitrogen and oxygen atoms in total. The van der Waals surface area contributed by atoms with E-state index in [1.807, 2.05) is 6.07 Å². The molecule has 1 aromatic carbocycles. The maximum atomic E-state index is 9.82. The van der Waals surface area contributed by atoms with Crippen molar-refractivity contribution in [2.24, 2.45) is 5.92 Å². The van der Waals surface area contributed by atoms with Crippen molar-refractivity contribution in [1.82, 2.24) is 5.32 Å². The normalized spacial score (nSPS) is 17.1. The van der Waals surface area contributed by atoms with E-state index in [1.54, 1.807) is 6.07 Å². The summed E-state index contributed by atoms with van der Waals surface area (Å²) in [5.41, 5.74) is 2.21. The number of nitrogens with one attached hydrogen (secondary N) is 1. The summed E-state index contributed by atoms with van der Waals surface area (Å²) in [6.45, 7) is 5.22. The number of aryl methyl sites for hydroxylation is 1. The second-order valence-corrected chi connectivity index (χ2v) is 5.32. The molecule has 2 N–H and O–H groups in total. The third kappa shape index (κ3) is 3.74. The molecule has 1 unspecified atom stereocenters. The van der Waals surface area contributed by atoms with Gasteiger partial charge in [0, 0.05) is 11.6 Å². The number of phenolic OH excluding ortho intramolecular Hbond substituents is 1. The van der Waals surface area contributed by atoms with E-state index in [-0.39, 0.29) is 6.04 Å². The Bertz CT molecular complexity index is 371. The van der Waals surface area contributed by atoms with Crippen LogP contribution in [0.2, 0.25) is 0 Å². The van der Waals surface area contributed by atoms with Gasteiger partial charge in [-0.05, 0) is 45.2 Å². The van der Waals surface area contributed by atoms with Crippen LogP contribution in [0.4, 0.5) is 0 Å². The molecule has 2 rings (SSSR count). The largest absolute Gasteiger partial charge is 0.508 e. The summed E-state index contributed by atoms with van der Waals surface area (Å²) in [6, 6.07) is 6.02. The molecule has 0 amide bonds. The average Bonchev–Trinajstić information content (AvgIpc) is 3.11. The molecule has 1 saturated carbocycles. The molecule has 1 aliphatic carbocycles. The number of hydrogen-bond acceptors (Lipinski definition) is 2. The van der Waals surface area contributed by atoms with Crippen LogP contribution in [0.25, 0.3) is 0 Å². The van der Waals surface area contributed by atoms with Crippen LogP contribution in [0.1, 0.15) is 49.8 Å². The van der Waals surface area contributed by atoms with Crippen molar-refractivity contribution in [3.8, 4) is 5.75 Å². The first-order valence-corrected chi connectivity index (χ1v) is 6.69. The zero-order chi connectivity index (χ0) is 12.3. The van der Waals surface area contributed by atoms with E-state index in [4.69, 9.17) is 0 Å². The molecule has 1 atom stereocenters. The van der Waals surface area contributed by atoms with E-state index in [0.29, 0.717) is 5.75 Å². The van der Waals surface area contributed by atoms with Gasteiger partial charge in [-0.2, -0.15) is 0 Å². The molecule has 0 aliphatic heterocycles. The Kier molecular flexibility index (Phi) is 4.06. The van der Waals surface area contributed by atoms with Crippen molar-refractivity contribution < 1.29 is 5.11 Å². The van der Waals surface area contributed by atoms with Crippen LogP contribution >= 0.6 is 0 Å². The standard InChI is InChI=1S/C15H23NO/c1-11-5-8-15(17)14(10-11)12(2)16-9-3-4-13-6-7-13/h5,8,10,12-13,16-17H,3-4,6-7,9H2,1-2H3. The summed E-state index contributed by atoms with van der Waals surface area (Å²) in [5.74, 6) is 1.41. The predicted molar refractivity (Wildman–Crippen MR) is 71.2 cm³/mol. The summed E-state index contributed by atoms with van der Waals surface area (Å²) in [4.78, 5) is 0. The maximum absolute atomic E-state index is 9.82. The second-order valence-electron chi connectivity index (χ2n) is 5.32. The van der Waals surface area contributed by atoms with Gasteiger partial charge >= 0.3 is 0 Å². The number of aromatic hydroxyl groups is 1. The lowest BCUT2D eigenvalue weighted by Gasteiger charge is -2.16. The number of benzene rings is 1. The molecule has 0 radical (unpaired) electrons. The molecule has 2 heteroatoms. The van der Waals surface area contributed by atoms with E-state index in [0.717, 1.165) is 18.0 Å². The van der Waals surface area contributed by atoms with Crippen LogP contribution in [-0.4, -0.2) is 11.7 Å². The zero-order valence-electron chi connectivity index (χ0n) is 10.9. The summed E-state index contributed by atoms with van der Waals surface area (Å²) >= 11 is 0. The first-order valence-electron chi connectivity index (χ1n) is 6.69. The lowest BCUT2D eigenvalue weighted by molar-refractivity contribution is 0.449. The van der Waals surface area contributed by atoms with E-state index in [9.17, 15) is 5.11 Å². The molecule has 1 aliphatic rings. The average molecular weight is 233 g/mol. The molecule has 0 spiro atoms. The second kappa shape index (κ2) is 5.54. The minimum Gasteiger partial charge on any atom is -0.508 e. The zero-order valence-corrected chi connectivity index (χ0v) is 10.9. The van der Waals surface area contributed by atoms with E-state index in [1.165, 1.54) is 31.2 Å². The highest BCUT2D eigenvalue weighted by Crippen LogP contribution is 2.33. The highest BCUT2D eigenvalue weighted by atomic mass is 16.3. The number of phenols is 1. The fraction of sp³-hybridized carbons (Fsp3) is 0.600. The van der Waals surface area contributed by atoms with Crippen LogP contribution in [-0.2, 0) is 0 Å². The molecule has 0 saturated heterocycles. The van der Waals surface area contributed by atoms with E-state index >= 15 is 0 Å². The Balaban J connectivity index is 1.80. The van der Waals surface area contributed by atoms with Crippen LogP contribution < -0.4 is 5.32 Å². The Morgan fingerprint density at radius 1 is 1.41 bits per heavy atom. The minimum absolute atomic E-state index is 0.231. The number of hydrogen-bond donors (Lipinski definition) is 2. The van der Waals surface area contributed by atoms with Crippen LogP contribution in [0, 0.1) is 12.8 Å². The lowest BCUT2D eigenvalue weighted by Crippen LogP contribution is -2.20. The Morgan fingerprint density at radius 2 is 2.18 bits per heavy atom. The van der Waals surface area contributed by atoms with Gasteiger partial charge in [0.05, 0.1) is 0 Å². The summed E-state index contributed by atoms with van der Waals surface area (Å²) in [5, 5.41) is 13.3. The van der Waals surface area contributed by atoms with Crippen molar-refractivity contribution in [2.45, 2.75) is 45.6 Å². The molecular weight excluding hydrogens is 210 g/mol. The molecule has 94 valence electrons. The van der Waals surface area contributed by atoms with Gasteiger partial charge in [0.2, 0.25) is 0 Å². The third-order valence-electron chi connectivity index (χ3n) is 3.59. The van der Waals surface area contributed by atoms with Gasteiger partial charge in [-0.3, -0.25) is 0 Å². The molecule has 0 bridgehead atoms. The number of rotatable bonds is 6. The van der Waals surface area contributed by atoms with E-state index < -0.39 is 0 Å². The quantitative estimate of drug-likeness (QED) is 0.737. The molecule has 0 heterocycles. The SMILES string of the molecule is Cc1ccc(O)c(C(C)NCCCC2CC2)c1. The Hall–Kier alpha value is -1.02. The van der Waals surface area contributed by atoms with Crippen LogP contribution in [0.5, 0.6) is 5.75 Å². The van der Waals surface area contributed by atoms with Crippen molar-refractivity contribution in [3.63, 3.8) is 0 Å². The first-order chi connectivity index (χ1) is 8.16. The van der Waals surface area contributed by atoms with Gasteiger partial charge < -0.3 is 10.4 Å². The van der Waals surface area contributed by atoms with Gasteiger partial charge in [0.25, 0.3) is 0 Å².